The highest BCUT2D eigenvalue weighted by Gasteiger charge is 2.19. The molecule has 0 fully saturated rings. The summed E-state index contributed by atoms with van der Waals surface area (Å²) < 4.78 is 16.5. The molecular weight excluding hydrogens is 636 g/mol. The van der Waals surface area contributed by atoms with E-state index < -0.39 is 12.1 Å². The fraction of sp³-hybridized carbons (Fsp3) is 0.711. The highest BCUT2D eigenvalue weighted by atomic mass is 16.6. The molecule has 0 amide bonds. The average Bonchev–Trinajstić information content (AvgIpc) is 3.12. The zero-order chi connectivity index (χ0) is 37.3. The Bertz CT molecular complexity index is 960. The number of allylic oxidation sites excluding steroid dienone is 9. The highest BCUT2D eigenvalue weighted by molar-refractivity contribution is 5.72. The van der Waals surface area contributed by atoms with Crippen LogP contribution in [0, 0.1) is 0 Å². The van der Waals surface area contributed by atoms with E-state index in [0.29, 0.717) is 12.8 Å². The van der Waals surface area contributed by atoms with Crippen LogP contribution in [-0.4, -0.2) is 37.2 Å². The van der Waals surface area contributed by atoms with Gasteiger partial charge < -0.3 is 14.2 Å². The van der Waals surface area contributed by atoms with Crippen molar-refractivity contribution in [2.45, 2.75) is 194 Å². The molecule has 6 nitrogen and oxygen atoms in total. The summed E-state index contributed by atoms with van der Waals surface area (Å²) in [7, 11) is 0. The van der Waals surface area contributed by atoms with Crippen molar-refractivity contribution in [2.75, 3.05) is 13.2 Å². The minimum atomic E-state index is -0.822. The average molecular weight is 713 g/mol. The Morgan fingerprint density at radius 1 is 0.451 bits per heavy atom. The predicted molar refractivity (Wildman–Crippen MR) is 215 cm³/mol. The second kappa shape index (κ2) is 39.9. The second-order valence-corrected chi connectivity index (χ2v) is 13.6. The Morgan fingerprint density at radius 3 is 1.37 bits per heavy atom. The van der Waals surface area contributed by atoms with Crippen LogP contribution in [-0.2, 0) is 28.6 Å². The first-order valence-corrected chi connectivity index (χ1v) is 20.8. The summed E-state index contributed by atoms with van der Waals surface area (Å²) >= 11 is 0. The maximum atomic E-state index is 12.5. The zero-order valence-electron chi connectivity index (χ0n) is 33.1. The van der Waals surface area contributed by atoms with Crippen LogP contribution in [0.15, 0.2) is 60.8 Å². The molecule has 0 saturated heterocycles. The van der Waals surface area contributed by atoms with Crippen molar-refractivity contribution < 1.29 is 28.6 Å². The predicted octanol–water partition coefficient (Wildman–Crippen LogP) is 13.0. The Morgan fingerprint density at radius 2 is 0.863 bits per heavy atom. The summed E-state index contributed by atoms with van der Waals surface area (Å²) in [6.07, 6.45) is 46.7. The lowest BCUT2D eigenvalue weighted by molar-refractivity contribution is -0.166. The first-order chi connectivity index (χ1) is 25.0. The van der Waals surface area contributed by atoms with Crippen LogP contribution >= 0.6 is 0 Å². The maximum Gasteiger partial charge on any atom is 0.310 e. The van der Waals surface area contributed by atoms with Gasteiger partial charge in [-0.2, -0.15) is 0 Å². The fourth-order valence-corrected chi connectivity index (χ4v) is 5.43. The van der Waals surface area contributed by atoms with Gasteiger partial charge in [0.25, 0.3) is 0 Å². The normalized spacial score (nSPS) is 12.6. The maximum absolute atomic E-state index is 12.5. The summed E-state index contributed by atoms with van der Waals surface area (Å²) in [6.45, 7) is 6.34. The van der Waals surface area contributed by atoms with Crippen LogP contribution in [0.2, 0.25) is 0 Å². The van der Waals surface area contributed by atoms with E-state index in [0.717, 1.165) is 64.2 Å². The molecule has 0 heterocycles. The Hall–Kier alpha value is -2.89. The molecule has 51 heavy (non-hydrogen) atoms. The number of carbonyl (C=O) groups excluding carboxylic acids is 3. The van der Waals surface area contributed by atoms with E-state index in [1.807, 2.05) is 6.08 Å². The lowest BCUT2D eigenvalue weighted by Gasteiger charge is -2.18. The molecule has 0 aliphatic carbocycles. The van der Waals surface area contributed by atoms with Gasteiger partial charge in [-0.15, -0.1) is 0 Å². The quantitative estimate of drug-likeness (QED) is 0.0211. The molecule has 6 heteroatoms. The molecule has 0 aromatic carbocycles. The zero-order valence-corrected chi connectivity index (χ0v) is 33.1. The van der Waals surface area contributed by atoms with Crippen molar-refractivity contribution in [1.82, 2.24) is 0 Å². The van der Waals surface area contributed by atoms with Crippen LogP contribution < -0.4 is 0 Å². The summed E-state index contributed by atoms with van der Waals surface area (Å²) in [5.74, 6) is -1.06. The molecular formula is C45H76O6. The third-order valence-corrected chi connectivity index (χ3v) is 8.57. The van der Waals surface area contributed by atoms with Crippen molar-refractivity contribution in [2.24, 2.45) is 0 Å². The van der Waals surface area contributed by atoms with Crippen molar-refractivity contribution in [3.63, 3.8) is 0 Å². The molecule has 0 aromatic rings. The number of rotatable bonds is 36. The van der Waals surface area contributed by atoms with Crippen LogP contribution in [0.3, 0.4) is 0 Å². The van der Waals surface area contributed by atoms with E-state index >= 15 is 0 Å². The Kier molecular flexibility index (Phi) is 37.6. The summed E-state index contributed by atoms with van der Waals surface area (Å²) in [5, 5.41) is 0. The van der Waals surface area contributed by atoms with E-state index in [9.17, 15) is 14.4 Å². The molecule has 0 N–H and O–H groups in total. The Balaban J connectivity index is 4.43. The Labute approximate surface area is 313 Å². The van der Waals surface area contributed by atoms with Crippen molar-refractivity contribution >= 4 is 17.9 Å². The van der Waals surface area contributed by atoms with Gasteiger partial charge in [0.1, 0.15) is 13.2 Å². The van der Waals surface area contributed by atoms with Crippen LogP contribution in [0.4, 0.5) is 0 Å². The number of hydrogen-bond acceptors (Lipinski definition) is 6. The lowest BCUT2D eigenvalue weighted by atomic mass is 10.1. The van der Waals surface area contributed by atoms with Gasteiger partial charge in [0.2, 0.25) is 0 Å². The monoisotopic (exact) mass is 713 g/mol. The minimum Gasteiger partial charge on any atom is -0.462 e. The van der Waals surface area contributed by atoms with Gasteiger partial charge >= 0.3 is 17.9 Å². The number of esters is 3. The molecule has 0 aliphatic rings. The van der Waals surface area contributed by atoms with E-state index in [1.54, 1.807) is 6.08 Å². The number of carbonyl (C=O) groups is 3. The van der Waals surface area contributed by atoms with Gasteiger partial charge in [0.05, 0.1) is 6.42 Å². The minimum absolute atomic E-state index is 0.104. The van der Waals surface area contributed by atoms with Crippen molar-refractivity contribution in [1.29, 1.82) is 0 Å². The molecule has 1 atom stereocenters. The molecule has 0 saturated carbocycles. The molecule has 0 rings (SSSR count). The van der Waals surface area contributed by atoms with E-state index in [2.05, 4.69) is 69.4 Å². The van der Waals surface area contributed by atoms with Gasteiger partial charge in [-0.3, -0.25) is 14.4 Å². The summed E-state index contributed by atoms with van der Waals surface area (Å²) in [4.78, 5) is 37.4. The first-order valence-electron chi connectivity index (χ1n) is 20.8. The first kappa shape index (κ1) is 48.1. The van der Waals surface area contributed by atoms with Crippen LogP contribution in [0.5, 0.6) is 0 Å². The molecule has 292 valence electrons. The summed E-state index contributed by atoms with van der Waals surface area (Å²) in [6, 6.07) is 0. The number of hydrogen-bond donors (Lipinski definition) is 0. The van der Waals surface area contributed by atoms with Gasteiger partial charge in [-0.1, -0.05) is 171 Å². The SMILES string of the molecule is CC/C=C\C/C=C\C/C=C\CC(=O)OC(COC(=O)CCCCCCCC/C=C\C=C/CCCCC)COC(=O)CCCCCCCCCCC. The lowest BCUT2D eigenvalue weighted by Crippen LogP contribution is -2.30. The van der Waals surface area contributed by atoms with Crippen LogP contribution in [0.1, 0.15) is 188 Å². The molecule has 1 unspecified atom stereocenters. The second-order valence-electron chi connectivity index (χ2n) is 13.6. The van der Waals surface area contributed by atoms with E-state index in [4.69, 9.17) is 14.2 Å². The van der Waals surface area contributed by atoms with Gasteiger partial charge in [0.15, 0.2) is 6.10 Å². The van der Waals surface area contributed by atoms with Gasteiger partial charge in [0, 0.05) is 12.8 Å². The van der Waals surface area contributed by atoms with Gasteiger partial charge in [-0.25, -0.2) is 0 Å². The smallest absolute Gasteiger partial charge is 0.310 e. The van der Waals surface area contributed by atoms with Gasteiger partial charge in [-0.05, 0) is 57.8 Å². The third kappa shape index (κ3) is 38.2. The fourth-order valence-electron chi connectivity index (χ4n) is 5.43. The molecule has 0 radical (unpaired) electrons. The third-order valence-electron chi connectivity index (χ3n) is 8.57. The van der Waals surface area contributed by atoms with Crippen LogP contribution in [0.25, 0.3) is 0 Å². The number of unbranched alkanes of at least 4 members (excludes halogenated alkanes) is 17. The summed E-state index contributed by atoms with van der Waals surface area (Å²) in [5.41, 5.74) is 0. The molecule has 0 spiro atoms. The molecule has 0 aromatic heterocycles. The van der Waals surface area contributed by atoms with E-state index in [-0.39, 0.29) is 31.6 Å². The standard InChI is InChI=1S/C45H76O6/c1-4-7-10-13-16-19-20-21-22-23-24-27-29-32-35-38-44(47)50-41-42(51-45(48)39-36-33-30-26-18-15-12-9-6-3)40-49-43(46)37-34-31-28-25-17-14-11-8-5-2/h9,12,16,18-21,26,33,36,42H,4-8,10-11,13-15,17,22-25,27-32,34-35,37-41H2,1-3H3/b12-9-,19-16-,21-20-,26-18-,36-33-. The molecule has 0 bridgehead atoms. The largest absolute Gasteiger partial charge is 0.462 e. The number of ether oxygens (including phenoxy) is 3. The van der Waals surface area contributed by atoms with Crippen molar-refractivity contribution in [3.8, 4) is 0 Å². The highest BCUT2D eigenvalue weighted by Crippen LogP contribution is 2.12. The van der Waals surface area contributed by atoms with E-state index in [1.165, 1.54) is 83.5 Å². The molecule has 0 aliphatic heterocycles. The topological polar surface area (TPSA) is 78.9 Å². The van der Waals surface area contributed by atoms with Crippen molar-refractivity contribution in [3.05, 3.63) is 60.8 Å².